The van der Waals surface area contributed by atoms with Crippen molar-refractivity contribution < 1.29 is 19.1 Å². The lowest BCUT2D eigenvalue weighted by Gasteiger charge is -2.42. The molecule has 1 aliphatic rings. The Balaban J connectivity index is 1.80. The third-order valence-corrected chi connectivity index (χ3v) is 7.16. The largest absolute Gasteiger partial charge is 0.469 e. The number of nitrogens with zero attached hydrogens (tertiary/aromatic N) is 2. The minimum atomic E-state index is -1.38. The van der Waals surface area contributed by atoms with E-state index in [1.54, 1.807) is 31.2 Å². The topological polar surface area (TPSA) is 104 Å². The molecule has 3 atom stereocenters. The number of fused-ring (bicyclic) bond motifs is 1. The van der Waals surface area contributed by atoms with Gasteiger partial charge in [-0.25, -0.2) is 4.98 Å². The average molecular weight is 461 g/mol. The lowest BCUT2D eigenvalue weighted by atomic mass is 9.64. The van der Waals surface area contributed by atoms with Gasteiger partial charge in [0.2, 0.25) is 0 Å². The highest BCUT2D eigenvalue weighted by molar-refractivity contribution is 8.00. The maximum Gasteiger partial charge on any atom is 0.173 e. The van der Waals surface area contributed by atoms with Gasteiger partial charge in [-0.3, -0.25) is 9.59 Å². The van der Waals surface area contributed by atoms with Crippen molar-refractivity contribution in [3.05, 3.63) is 82.4 Å². The Morgan fingerprint density at radius 2 is 2.00 bits per heavy atom. The van der Waals surface area contributed by atoms with E-state index in [4.69, 9.17) is 4.42 Å². The first-order valence-corrected chi connectivity index (χ1v) is 11.6. The van der Waals surface area contributed by atoms with E-state index in [2.05, 4.69) is 11.1 Å². The zero-order valence-corrected chi connectivity index (χ0v) is 19.5. The Bertz CT molecular complexity index is 1240. The van der Waals surface area contributed by atoms with Crippen LogP contribution in [-0.4, -0.2) is 33.0 Å². The van der Waals surface area contributed by atoms with Gasteiger partial charge in [-0.05, 0) is 44.0 Å². The van der Waals surface area contributed by atoms with Crippen LogP contribution in [0.5, 0.6) is 0 Å². The van der Waals surface area contributed by atoms with E-state index >= 15 is 0 Å². The molecule has 0 aliphatic heterocycles. The molecule has 4 rings (SSSR count). The number of thioether (sulfide) groups is 1. The second kappa shape index (κ2) is 8.97. The summed E-state index contributed by atoms with van der Waals surface area (Å²) in [5.41, 5.74) is 1.61. The highest BCUT2D eigenvalue weighted by Crippen LogP contribution is 2.49. The van der Waals surface area contributed by atoms with Gasteiger partial charge in [0.05, 0.1) is 35.0 Å². The van der Waals surface area contributed by atoms with Crippen LogP contribution < -0.4 is 0 Å². The minimum Gasteiger partial charge on any atom is -0.469 e. The molecule has 7 heteroatoms. The van der Waals surface area contributed by atoms with Crippen molar-refractivity contribution >= 4 is 23.3 Å². The smallest absolute Gasteiger partial charge is 0.173 e. The van der Waals surface area contributed by atoms with Crippen LogP contribution in [0.25, 0.3) is 0 Å². The lowest BCUT2D eigenvalue weighted by molar-refractivity contribution is -0.131. The quantitative estimate of drug-likeness (QED) is 0.427. The molecule has 0 saturated heterocycles. The molecule has 0 amide bonds. The third-order valence-electron chi connectivity index (χ3n) is 6.18. The fraction of sp³-hybridized carbons (Fsp3) is 0.308. The van der Waals surface area contributed by atoms with E-state index in [1.807, 2.05) is 25.1 Å². The summed E-state index contributed by atoms with van der Waals surface area (Å²) in [4.78, 5) is 29.9. The zero-order chi connectivity index (χ0) is 23.8. The summed E-state index contributed by atoms with van der Waals surface area (Å²) in [5, 5.41) is 21.8. The molecule has 6 nitrogen and oxygen atoms in total. The predicted octanol–water partition coefficient (Wildman–Crippen LogP) is 4.47. The van der Waals surface area contributed by atoms with Crippen LogP contribution in [0.4, 0.5) is 0 Å². The van der Waals surface area contributed by atoms with Crippen LogP contribution in [0.2, 0.25) is 0 Å². The molecule has 0 fully saturated rings. The number of furan rings is 1. The molecule has 33 heavy (non-hydrogen) atoms. The maximum atomic E-state index is 12.6. The molecule has 0 spiro atoms. The van der Waals surface area contributed by atoms with Gasteiger partial charge < -0.3 is 9.52 Å². The zero-order valence-electron chi connectivity index (χ0n) is 18.7. The van der Waals surface area contributed by atoms with E-state index < -0.39 is 17.4 Å². The van der Waals surface area contributed by atoms with E-state index in [0.717, 1.165) is 5.56 Å². The van der Waals surface area contributed by atoms with Crippen molar-refractivity contribution in [3.63, 3.8) is 0 Å². The van der Waals surface area contributed by atoms with E-state index in [9.17, 15) is 20.0 Å². The molecule has 3 unspecified atom stereocenters. The van der Waals surface area contributed by atoms with E-state index in [0.29, 0.717) is 33.2 Å². The molecule has 0 bridgehead atoms. The standard InChI is InChI=1S/C26H24N2O4S/c1-15-22-18(12-26(3,31)24(16(2)29)23(22)21-10-7-11-32-21)19(13-27)25(28-15)33-14-20(30)17-8-5-4-6-9-17/h4-11,23-24,31H,12,14H2,1-3H3. The van der Waals surface area contributed by atoms with Crippen LogP contribution >= 0.6 is 11.8 Å². The molecule has 168 valence electrons. The second-order valence-electron chi connectivity index (χ2n) is 8.57. The van der Waals surface area contributed by atoms with Gasteiger partial charge in [0.1, 0.15) is 22.6 Å². The number of pyridine rings is 1. The average Bonchev–Trinajstić information content (AvgIpc) is 3.31. The number of hydrogen-bond donors (Lipinski definition) is 1. The van der Waals surface area contributed by atoms with Crippen molar-refractivity contribution in [1.29, 1.82) is 5.26 Å². The molecule has 1 aromatic carbocycles. The fourth-order valence-electron chi connectivity index (χ4n) is 4.85. The van der Waals surface area contributed by atoms with Crippen molar-refractivity contribution in [1.82, 2.24) is 4.98 Å². The SMILES string of the molecule is CC(=O)C1C(c2ccco2)c2c(C)nc(SCC(=O)c3ccccc3)c(C#N)c2CC1(C)O. The summed E-state index contributed by atoms with van der Waals surface area (Å²) in [6.45, 7) is 4.92. The third kappa shape index (κ3) is 4.24. The first-order chi connectivity index (χ1) is 15.7. The van der Waals surface area contributed by atoms with Crippen LogP contribution in [0.15, 0.2) is 58.2 Å². The van der Waals surface area contributed by atoms with Gasteiger partial charge >= 0.3 is 0 Å². The van der Waals surface area contributed by atoms with Crippen LogP contribution in [-0.2, 0) is 11.2 Å². The van der Waals surface area contributed by atoms with Gasteiger partial charge in [-0.15, -0.1) is 0 Å². The van der Waals surface area contributed by atoms with Gasteiger partial charge in [0.15, 0.2) is 5.78 Å². The Morgan fingerprint density at radius 1 is 1.27 bits per heavy atom. The molecular weight excluding hydrogens is 436 g/mol. The highest BCUT2D eigenvalue weighted by Gasteiger charge is 2.49. The van der Waals surface area contributed by atoms with Crippen LogP contribution in [0.1, 0.15) is 58.3 Å². The van der Waals surface area contributed by atoms with Crippen molar-refractivity contribution in [2.24, 2.45) is 5.92 Å². The molecular formula is C26H24N2O4S. The van der Waals surface area contributed by atoms with Crippen molar-refractivity contribution in [2.75, 3.05) is 5.75 Å². The number of ketones is 2. The first kappa shape index (κ1) is 23.0. The summed E-state index contributed by atoms with van der Waals surface area (Å²) >= 11 is 1.21. The van der Waals surface area contributed by atoms with Gasteiger partial charge in [0.25, 0.3) is 0 Å². The lowest BCUT2D eigenvalue weighted by Crippen LogP contribution is -2.48. The number of benzene rings is 1. The number of carbonyl (C=O) groups excluding carboxylic acids is 2. The normalized spacial score (nSPS) is 21.8. The highest BCUT2D eigenvalue weighted by atomic mass is 32.2. The Morgan fingerprint density at radius 3 is 2.61 bits per heavy atom. The van der Waals surface area contributed by atoms with Gasteiger partial charge in [0, 0.05) is 17.7 Å². The molecule has 1 aliphatic carbocycles. The number of hydrogen-bond acceptors (Lipinski definition) is 7. The minimum absolute atomic E-state index is 0.0567. The van der Waals surface area contributed by atoms with Crippen LogP contribution in [0.3, 0.4) is 0 Å². The van der Waals surface area contributed by atoms with Crippen LogP contribution in [0, 0.1) is 24.2 Å². The molecule has 0 saturated carbocycles. The molecule has 2 aromatic heterocycles. The summed E-state index contributed by atoms with van der Waals surface area (Å²) in [7, 11) is 0. The molecule has 3 aromatic rings. The Kier molecular flexibility index (Phi) is 6.24. The number of carbonyl (C=O) groups is 2. The maximum absolute atomic E-state index is 12.6. The summed E-state index contributed by atoms with van der Waals surface area (Å²) in [5.74, 6) is -0.819. The molecule has 1 N–H and O–H groups in total. The van der Waals surface area contributed by atoms with Crippen molar-refractivity contribution in [3.8, 4) is 6.07 Å². The second-order valence-corrected chi connectivity index (χ2v) is 9.54. The van der Waals surface area contributed by atoms with E-state index in [1.165, 1.54) is 24.9 Å². The Hall–Kier alpha value is -3.21. The summed E-state index contributed by atoms with van der Waals surface area (Å²) in [6.07, 6.45) is 1.67. The van der Waals surface area contributed by atoms with Crippen molar-refractivity contribution in [2.45, 2.75) is 43.7 Å². The molecule has 2 heterocycles. The number of nitriles is 1. The van der Waals surface area contributed by atoms with Gasteiger partial charge in [-0.2, -0.15) is 5.26 Å². The summed E-state index contributed by atoms with van der Waals surface area (Å²) in [6, 6.07) is 14.7. The first-order valence-electron chi connectivity index (χ1n) is 10.7. The van der Waals surface area contributed by atoms with E-state index in [-0.39, 0.29) is 23.7 Å². The molecule has 0 radical (unpaired) electrons. The Labute approximate surface area is 196 Å². The number of aromatic nitrogens is 1. The number of rotatable bonds is 6. The summed E-state index contributed by atoms with van der Waals surface area (Å²) < 4.78 is 5.67. The number of aryl methyl sites for hydroxylation is 1. The predicted molar refractivity (Wildman–Crippen MR) is 124 cm³/mol. The van der Waals surface area contributed by atoms with Gasteiger partial charge in [-0.1, -0.05) is 42.1 Å². The number of Topliss-reactive ketones (excluding diaryl/α,β-unsaturated/α-hetero) is 2. The monoisotopic (exact) mass is 460 g/mol. The number of aliphatic hydroxyl groups is 1. The fourth-order valence-corrected chi connectivity index (χ4v) is 5.80.